The van der Waals surface area contributed by atoms with Crippen LogP contribution in [0, 0.1) is 17.0 Å². The molecule has 28 heavy (non-hydrogen) atoms. The van der Waals surface area contributed by atoms with Gasteiger partial charge in [0.1, 0.15) is 23.1 Å². The molecule has 3 rings (SSSR count). The highest BCUT2D eigenvalue weighted by atomic mass is 35.5. The second-order valence-corrected chi connectivity index (χ2v) is 6.60. The molecule has 0 atom stereocenters. The standard InChI is InChI=1S/C19H14Cl2N2O5/c1-11-9-12(23(25)26)5-7-15(11)22-19(24)17-8-6-13(28-17)10-27-16-4-2-3-14(20)18(16)21/h2-9H,10H2,1H3,(H,22,24). The molecule has 0 unspecified atom stereocenters. The van der Waals surface area contributed by atoms with Crippen LogP contribution in [0.4, 0.5) is 11.4 Å². The SMILES string of the molecule is Cc1cc([N+](=O)[O-])ccc1NC(=O)c1ccc(COc2cccc(Cl)c2Cl)o1. The van der Waals surface area contributed by atoms with Gasteiger partial charge in [0.05, 0.1) is 9.95 Å². The van der Waals surface area contributed by atoms with Crippen molar-refractivity contribution in [1.29, 1.82) is 0 Å². The summed E-state index contributed by atoms with van der Waals surface area (Å²) < 4.78 is 11.1. The number of hydrogen-bond donors (Lipinski definition) is 1. The van der Waals surface area contributed by atoms with E-state index >= 15 is 0 Å². The normalized spacial score (nSPS) is 10.5. The maximum absolute atomic E-state index is 12.4. The van der Waals surface area contributed by atoms with E-state index in [1.165, 1.54) is 24.3 Å². The summed E-state index contributed by atoms with van der Waals surface area (Å²) in [5.41, 5.74) is 0.969. The largest absolute Gasteiger partial charge is 0.484 e. The molecule has 7 nitrogen and oxygen atoms in total. The van der Waals surface area contributed by atoms with Crippen molar-refractivity contribution in [1.82, 2.24) is 0 Å². The smallest absolute Gasteiger partial charge is 0.291 e. The average Bonchev–Trinajstić information content (AvgIpc) is 3.13. The zero-order chi connectivity index (χ0) is 20.3. The highest BCUT2D eigenvalue weighted by Crippen LogP contribution is 2.32. The summed E-state index contributed by atoms with van der Waals surface area (Å²) in [5.74, 6) is 0.414. The Labute approximate surface area is 170 Å². The summed E-state index contributed by atoms with van der Waals surface area (Å²) in [6, 6.07) is 12.3. The predicted molar refractivity (Wildman–Crippen MR) is 105 cm³/mol. The lowest BCUT2D eigenvalue weighted by Gasteiger charge is -2.08. The second-order valence-electron chi connectivity index (χ2n) is 5.82. The lowest BCUT2D eigenvalue weighted by atomic mass is 10.2. The Balaban J connectivity index is 1.65. The summed E-state index contributed by atoms with van der Waals surface area (Å²) in [7, 11) is 0. The van der Waals surface area contributed by atoms with Gasteiger partial charge in [-0.2, -0.15) is 0 Å². The average molecular weight is 421 g/mol. The first-order valence-electron chi connectivity index (χ1n) is 8.07. The van der Waals surface area contributed by atoms with Gasteiger partial charge in [-0.15, -0.1) is 0 Å². The number of non-ortho nitro benzene ring substituents is 1. The molecule has 1 heterocycles. The van der Waals surface area contributed by atoms with Gasteiger partial charge >= 0.3 is 0 Å². The third-order valence-corrected chi connectivity index (χ3v) is 4.64. The molecule has 0 saturated heterocycles. The Bertz CT molecular complexity index is 1050. The lowest BCUT2D eigenvalue weighted by molar-refractivity contribution is -0.384. The van der Waals surface area contributed by atoms with Crippen LogP contribution in [0.1, 0.15) is 21.9 Å². The molecule has 0 radical (unpaired) electrons. The molecule has 0 bridgehead atoms. The first-order chi connectivity index (χ1) is 13.3. The number of nitrogens with one attached hydrogen (secondary N) is 1. The first kappa shape index (κ1) is 19.7. The number of hydrogen-bond acceptors (Lipinski definition) is 5. The number of amides is 1. The van der Waals surface area contributed by atoms with E-state index in [1.54, 1.807) is 31.2 Å². The number of aryl methyl sites for hydroxylation is 1. The van der Waals surface area contributed by atoms with Crippen LogP contribution in [0.3, 0.4) is 0 Å². The maximum atomic E-state index is 12.4. The fourth-order valence-electron chi connectivity index (χ4n) is 2.41. The fraction of sp³-hybridized carbons (Fsp3) is 0.105. The zero-order valence-electron chi connectivity index (χ0n) is 14.6. The summed E-state index contributed by atoms with van der Waals surface area (Å²) in [4.78, 5) is 22.6. The molecule has 1 aromatic heterocycles. The summed E-state index contributed by atoms with van der Waals surface area (Å²) in [6.45, 7) is 1.72. The Morgan fingerprint density at radius 3 is 2.71 bits per heavy atom. The zero-order valence-corrected chi connectivity index (χ0v) is 16.1. The predicted octanol–water partition coefficient (Wildman–Crippen LogP) is 5.63. The van der Waals surface area contributed by atoms with Gasteiger partial charge in [-0.25, -0.2) is 0 Å². The summed E-state index contributed by atoms with van der Waals surface area (Å²) in [6.07, 6.45) is 0. The molecule has 0 fully saturated rings. The van der Waals surface area contributed by atoms with Crippen molar-refractivity contribution in [2.45, 2.75) is 13.5 Å². The van der Waals surface area contributed by atoms with Crippen molar-refractivity contribution in [2.75, 3.05) is 5.32 Å². The van der Waals surface area contributed by atoms with Crippen molar-refractivity contribution in [2.24, 2.45) is 0 Å². The van der Waals surface area contributed by atoms with Crippen LogP contribution in [-0.2, 0) is 6.61 Å². The van der Waals surface area contributed by atoms with E-state index in [1.807, 2.05) is 0 Å². The number of furan rings is 1. The van der Waals surface area contributed by atoms with Crippen molar-refractivity contribution >= 4 is 40.5 Å². The van der Waals surface area contributed by atoms with Gasteiger partial charge in [0.25, 0.3) is 11.6 Å². The van der Waals surface area contributed by atoms with Crippen LogP contribution in [-0.4, -0.2) is 10.8 Å². The molecule has 2 aromatic carbocycles. The molecular formula is C19H14Cl2N2O5. The van der Waals surface area contributed by atoms with E-state index in [2.05, 4.69) is 5.32 Å². The van der Waals surface area contributed by atoms with Crippen LogP contribution < -0.4 is 10.1 Å². The second kappa shape index (κ2) is 8.33. The molecule has 1 N–H and O–H groups in total. The van der Waals surface area contributed by atoms with Gasteiger partial charge in [-0.05, 0) is 42.8 Å². The number of nitrogens with zero attached hydrogens (tertiary/aromatic N) is 1. The monoisotopic (exact) mass is 420 g/mol. The van der Waals surface area contributed by atoms with Crippen LogP contribution in [0.25, 0.3) is 0 Å². The van der Waals surface area contributed by atoms with Crippen LogP contribution >= 0.6 is 23.2 Å². The number of rotatable bonds is 6. The summed E-state index contributed by atoms with van der Waals surface area (Å²) >= 11 is 12.0. The Hall–Kier alpha value is -3.03. The molecule has 0 aliphatic carbocycles. The van der Waals surface area contributed by atoms with Crippen LogP contribution in [0.2, 0.25) is 10.0 Å². The van der Waals surface area contributed by atoms with Gasteiger partial charge in [-0.3, -0.25) is 14.9 Å². The van der Waals surface area contributed by atoms with Crippen molar-refractivity contribution < 1.29 is 18.9 Å². The third kappa shape index (κ3) is 4.44. The lowest BCUT2D eigenvalue weighted by Crippen LogP contribution is -2.12. The molecule has 3 aromatic rings. The molecule has 1 amide bonds. The Morgan fingerprint density at radius 2 is 2.00 bits per heavy atom. The van der Waals surface area contributed by atoms with Gasteiger partial charge in [0, 0.05) is 17.8 Å². The van der Waals surface area contributed by atoms with Crippen molar-refractivity contribution in [3.63, 3.8) is 0 Å². The van der Waals surface area contributed by atoms with Gasteiger partial charge in [0.2, 0.25) is 0 Å². The minimum Gasteiger partial charge on any atom is -0.484 e. The van der Waals surface area contributed by atoms with E-state index in [0.29, 0.717) is 32.8 Å². The molecule has 0 spiro atoms. The first-order valence-corrected chi connectivity index (χ1v) is 8.82. The number of halogens is 2. The van der Waals surface area contributed by atoms with E-state index in [4.69, 9.17) is 32.4 Å². The highest BCUT2D eigenvalue weighted by Gasteiger charge is 2.15. The van der Waals surface area contributed by atoms with Gasteiger partial charge < -0.3 is 14.5 Å². The molecular weight excluding hydrogens is 407 g/mol. The minimum absolute atomic E-state index is 0.0485. The van der Waals surface area contributed by atoms with E-state index in [9.17, 15) is 14.9 Å². The van der Waals surface area contributed by atoms with Gasteiger partial charge in [0.15, 0.2) is 5.76 Å². The molecule has 0 saturated carbocycles. The fourth-order valence-corrected chi connectivity index (χ4v) is 2.75. The van der Waals surface area contributed by atoms with Gasteiger partial charge in [-0.1, -0.05) is 29.3 Å². The molecule has 0 aliphatic rings. The number of anilines is 1. The number of nitro groups is 1. The molecule has 0 aliphatic heterocycles. The van der Waals surface area contributed by atoms with Crippen molar-refractivity contribution in [3.8, 4) is 5.75 Å². The van der Waals surface area contributed by atoms with E-state index in [0.717, 1.165) is 0 Å². The number of benzene rings is 2. The maximum Gasteiger partial charge on any atom is 0.291 e. The van der Waals surface area contributed by atoms with Crippen molar-refractivity contribution in [3.05, 3.63) is 85.8 Å². The summed E-state index contributed by atoms with van der Waals surface area (Å²) in [5, 5.41) is 14.1. The van der Waals surface area contributed by atoms with Crippen LogP contribution in [0.5, 0.6) is 5.75 Å². The third-order valence-electron chi connectivity index (χ3n) is 3.84. The number of carbonyl (C=O) groups excluding carboxylic acids is 1. The van der Waals surface area contributed by atoms with Crippen LogP contribution in [0.15, 0.2) is 52.9 Å². The molecule has 9 heteroatoms. The number of carbonyl (C=O) groups is 1. The van der Waals surface area contributed by atoms with E-state index in [-0.39, 0.29) is 18.1 Å². The Kier molecular flexibility index (Phi) is 5.87. The number of nitro benzene ring substituents is 1. The molecule has 144 valence electrons. The number of ether oxygens (including phenoxy) is 1. The minimum atomic E-state index is -0.496. The topological polar surface area (TPSA) is 94.6 Å². The quantitative estimate of drug-likeness (QED) is 0.411. The van der Waals surface area contributed by atoms with E-state index < -0.39 is 10.8 Å². The highest BCUT2D eigenvalue weighted by molar-refractivity contribution is 6.42. The Morgan fingerprint density at radius 1 is 1.21 bits per heavy atom.